The van der Waals surface area contributed by atoms with Gasteiger partial charge in [-0.25, -0.2) is 9.37 Å². The number of benzene rings is 2. The number of rotatable bonds is 7. The molecule has 168 valence electrons. The van der Waals surface area contributed by atoms with E-state index < -0.39 is 0 Å². The molecule has 2 aromatic heterocycles. The largest absolute Gasteiger partial charge is 0.357 e. The Hall–Kier alpha value is -3.67. The van der Waals surface area contributed by atoms with Crippen molar-refractivity contribution >= 4 is 22.6 Å². The number of nitrogens with one attached hydrogen (secondary N) is 2. The van der Waals surface area contributed by atoms with Crippen LogP contribution < -0.4 is 10.2 Å². The van der Waals surface area contributed by atoms with Crippen LogP contribution in [0.2, 0.25) is 0 Å². The summed E-state index contributed by atoms with van der Waals surface area (Å²) in [7, 11) is 0. The molecule has 1 aliphatic heterocycles. The number of pyridine rings is 1. The van der Waals surface area contributed by atoms with E-state index in [1.807, 2.05) is 48.7 Å². The number of amides is 1. The van der Waals surface area contributed by atoms with Crippen molar-refractivity contribution in [1.82, 2.24) is 15.3 Å². The minimum Gasteiger partial charge on any atom is -0.357 e. The van der Waals surface area contributed by atoms with Crippen LogP contribution in [0.4, 0.5) is 10.2 Å². The van der Waals surface area contributed by atoms with Gasteiger partial charge < -0.3 is 15.2 Å². The summed E-state index contributed by atoms with van der Waals surface area (Å²) in [6.45, 7) is 2.57. The standard InChI is InChI=1S/C27H27FN4O/c28-21-9-11-24-23(16-21)22(27(31-24)20-6-2-1-3-7-20)10-13-26(33)30-18-19-8-12-25(29-17-19)32-14-4-5-15-32/h1-3,6-9,11-12,16-17,31H,4-5,10,13-15,18H2,(H,30,33). The van der Waals surface area contributed by atoms with Gasteiger partial charge in [0.15, 0.2) is 0 Å². The summed E-state index contributed by atoms with van der Waals surface area (Å²) in [6, 6.07) is 18.7. The maximum atomic E-state index is 14.0. The van der Waals surface area contributed by atoms with Crippen molar-refractivity contribution in [2.24, 2.45) is 0 Å². The van der Waals surface area contributed by atoms with Crippen molar-refractivity contribution in [2.45, 2.75) is 32.2 Å². The lowest BCUT2D eigenvalue weighted by molar-refractivity contribution is -0.121. The van der Waals surface area contributed by atoms with Crippen LogP contribution >= 0.6 is 0 Å². The summed E-state index contributed by atoms with van der Waals surface area (Å²) < 4.78 is 14.0. The number of carbonyl (C=O) groups excluding carboxylic acids is 1. The van der Waals surface area contributed by atoms with Crippen LogP contribution in [0, 0.1) is 5.82 Å². The number of halogens is 1. The fourth-order valence-corrected chi connectivity index (χ4v) is 4.51. The minimum atomic E-state index is -0.281. The van der Waals surface area contributed by atoms with Gasteiger partial charge in [0.25, 0.3) is 0 Å². The molecule has 4 aromatic rings. The molecule has 0 atom stereocenters. The van der Waals surface area contributed by atoms with Crippen molar-refractivity contribution in [3.8, 4) is 11.3 Å². The molecule has 5 nitrogen and oxygen atoms in total. The number of H-pyrrole nitrogens is 1. The summed E-state index contributed by atoms with van der Waals surface area (Å²) >= 11 is 0. The van der Waals surface area contributed by atoms with Crippen LogP contribution in [0.3, 0.4) is 0 Å². The number of nitrogens with zero attached hydrogens (tertiary/aromatic N) is 2. The van der Waals surface area contributed by atoms with E-state index in [-0.39, 0.29) is 11.7 Å². The lowest BCUT2D eigenvalue weighted by Crippen LogP contribution is -2.23. The summed E-state index contributed by atoms with van der Waals surface area (Å²) in [6.07, 6.45) is 5.11. The van der Waals surface area contributed by atoms with Gasteiger partial charge in [-0.15, -0.1) is 0 Å². The Morgan fingerprint density at radius 2 is 1.88 bits per heavy atom. The van der Waals surface area contributed by atoms with Crippen LogP contribution in [0.1, 0.15) is 30.4 Å². The number of aromatic nitrogens is 2. The van der Waals surface area contributed by atoms with Crippen molar-refractivity contribution in [2.75, 3.05) is 18.0 Å². The Labute approximate surface area is 192 Å². The van der Waals surface area contributed by atoms with Crippen LogP contribution in [0.5, 0.6) is 0 Å². The van der Waals surface area contributed by atoms with Gasteiger partial charge in [-0.05, 0) is 60.2 Å². The second-order valence-electron chi connectivity index (χ2n) is 8.53. The van der Waals surface area contributed by atoms with Crippen LogP contribution in [-0.2, 0) is 17.8 Å². The van der Waals surface area contributed by atoms with Crippen LogP contribution in [0.25, 0.3) is 22.2 Å². The van der Waals surface area contributed by atoms with Crippen molar-refractivity contribution in [3.63, 3.8) is 0 Å². The molecule has 1 aliphatic rings. The zero-order valence-corrected chi connectivity index (χ0v) is 18.5. The first-order valence-electron chi connectivity index (χ1n) is 11.5. The van der Waals surface area contributed by atoms with Crippen LogP contribution in [-0.4, -0.2) is 29.0 Å². The molecule has 0 spiro atoms. The van der Waals surface area contributed by atoms with Gasteiger partial charge in [-0.3, -0.25) is 4.79 Å². The molecule has 0 radical (unpaired) electrons. The van der Waals surface area contributed by atoms with Gasteiger partial charge in [0.2, 0.25) is 5.91 Å². The molecule has 0 unspecified atom stereocenters. The first-order valence-corrected chi connectivity index (χ1v) is 11.5. The number of aryl methyl sites for hydroxylation is 1. The Morgan fingerprint density at radius 3 is 2.64 bits per heavy atom. The van der Waals surface area contributed by atoms with E-state index in [0.717, 1.165) is 52.2 Å². The Kier molecular flexibility index (Phi) is 6.07. The number of fused-ring (bicyclic) bond motifs is 1. The SMILES string of the molecule is O=C(CCc1c(-c2ccccc2)[nH]c2ccc(F)cc12)NCc1ccc(N2CCCC2)nc1. The maximum absolute atomic E-state index is 14.0. The number of hydrogen-bond acceptors (Lipinski definition) is 3. The quantitative estimate of drug-likeness (QED) is 0.413. The summed E-state index contributed by atoms with van der Waals surface area (Å²) in [5.41, 5.74) is 4.77. The highest BCUT2D eigenvalue weighted by molar-refractivity contribution is 5.91. The third kappa shape index (κ3) is 4.75. The molecule has 3 heterocycles. The average molecular weight is 443 g/mol. The van der Waals surface area contributed by atoms with E-state index in [2.05, 4.69) is 20.2 Å². The third-order valence-corrected chi connectivity index (χ3v) is 6.26. The van der Waals surface area contributed by atoms with Gasteiger partial charge in [0, 0.05) is 48.8 Å². The van der Waals surface area contributed by atoms with E-state index in [0.29, 0.717) is 19.4 Å². The normalized spacial score (nSPS) is 13.5. The van der Waals surface area contributed by atoms with Gasteiger partial charge in [-0.1, -0.05) is 36.4 Å². The smallest absolute Gasteiger partial charge is 0.220 e. The number of hydrogen-bond donors (Lipinski definition) is 2. The summed E-state index contributed by atoms with van der Waals surface area (Å²) in [4.78, 5) is 22.9. The molecular weight excluding hydrogens is 415 g/mol. The van der Waals surface area contributed by atoms with Gasteiger partial charge in [0.05, 0.1) is 0 Å². The second kappa shape index (κ2) is 9.45. The lowest BCUT2D eigenvalue weighted by Gasteiger charge is -2.16. The maximum Gasteiger partial charge on any atom is 0.220 e. The number of anilines is 1. The molecular formula is C27H27FN4O. The molecule has 6 heteroatoms. The Balaban J connectivity index is 1.25. The van der Waals surface area contributed by atoms with Crippen molar-refractivity contribution in [3.05, 3.63) is 83.8 Å². The van der Waals surface area contributed by atoms with E-state index in [1.54, 1.807) is 12.1 Å². The highest BCUT2D eigenvalue weighted by atomic mass is 19.1. The topological polar surface area (TPSA) is 61.0 Å². The molecule has 5 rings (SSSR count). The lowest BCUT2D eigenvalue weighted by atomic mass is 10.0. The molecule has 0 saturated carbocycles. The van der Waals surface area contributed by atoms with E-state index in [4.69, 9.17) is 0 Å². The molecule has 1 saturated heterocycles. The fourth-order valence-electron chi connectivity index (χ4n) is 4.51. The summed E-state index contributed by atoms with van der Waals surface area (Å²) in [5, 5.41) is 3.81. The zero-order chi connectivity index (χ0) is 22.6. The molecule has 33 heavy (non-hydrogen) atoms. The number of carbonyl (C=O) groups is 1. The first-order chi connectivity index (χ1) is 16.2. The highest BCUT2D eigenvalue weighted by Crippen LogP contribution is 2.31. The number of aromatic amines is 1. The Bertz CT molecular complexity index is 1240. The molecule has 1 amide bonds. The molecule has 0 aliphatic carbocycles. The van der Waals surface area contributed by atoms with Crippen molar-refractivity contribution < 1.29 is 9.18 Å². The minimum absolute atomic E-state index is 0.0385. The van der Waals surface area contributed by atoms with Gasteiger partial charge >= 0.3 is 0 Å². The summed E-state index contributed by atoms with van der Waals surface area (Å²) in [5.74, 6) is 0.683. The van der Waals surface area contributed by atoms with Gasteiger partial charge in [-0.2, -0.15) is 0 Å². The third-order valence-electron chi connectivity index (χ3n) is 6.26. The highest BCUT2D eigenvalue weighted by Gasteiger charge is 2.16. The molecule has 2 aromatic carbocycles. The zero-order valence-electron chi connectivity index (χ0n) is 18.5. The predicted molar refractivity (Wildman–Crippen MR) is 130 cm³/mol. The van der Waals surface area contributed by atoms with Crippen molar-refractivity contribution in [1.29, 1.82) is 0 Å². The van der Waals surface area contributed by atoms with E-state index in [1.165, 1.54) is 18.9 Å². The van der Waals surface area contributed by atoms with E-state index in [9.17, 15) is 9.18 Å². The van der Waals surface area contributed by atoms with E-state index >= 15 is 0 Å². The molecule has 2 N–H and O–H groups in total. The first kappa shape index (κ1) is 21.2. The second-order valence-corrected chi connectivity index (χ2v) is 8.53. The average Bonchev–Trinajstić information content (AvgIpc) is 3.51. The van der Waals surface area contributed by atoms with Gasteiger partial charge in [0.1, 0.15) is 11.6 Å². The monoisotopic (exact) mass is 442 g/mol. The predicted octanol–water partition coefficient (Wildman–Crippen LogP) is 5.22. The molecule has 1 fully saturated rings. The fraction of sp³-hybridized carbons (Fsp3) is 0.259. The Morgan fingerprint density at radius 1 is 1.06 bits per heavy atom. The van der Waals surface area contributed by atoms with Crippen LogP contribution in [0.15, 0.2) is 66.9 Å². The molecule has 0 bridgehead atoms.